The number of hydrogen-bond acceptors (Lipinski definition) is 3. The smallest absolute Gasteiger partial charge is 0.0723 e. The lowest BCUT2D eigenvalue weighted by atomic mass is 9.99. The van der Waals surface area contributed by atoms with Gasteiger partial charge in [-0.1, -0.05) is 32.0 Å². The van der Waals surface area contributed by atoms with Gasteiger partial charge in [0.2, 0.25) is 0 Å². The van der Waals surface area contributed by atoms with Crippen LogP contribution in [0.3, 0.4) is 0 Å². The normalized spacial score (nSPS) is 24.7. The van der Waals surface area contributed by atoms with Crippen LogP contribution in [0.2, 0.25) is 0 Å². The van der Waals surface area contributed by atoms with Crippen molar-refractivity contribution in [2.75, 3.05) is 25.1 Å². The van der Waals surface area contributed by atoms with E-state index < -0.39 is 0 Å². The van der Waals surface area contributed by atoms with Gasteiger partial charge >= 0.3 is 0 Å². The molecule has 0 amide bonds. The lowest BCUT2D eigenvalue weighted by Crippen LogP contribution is -2.49. The van der Waals surface area contributed by atoms with Crippen LogP contribution in [0, 0.1) is 0 Å². The number of para-hydroxylation sites is 1. The fourth-order valence-electron chi connectivity index (χ4n) is 3.10. The second-order valence-corrected chi connectivity index (χ2v) is 5.67. The summed E-state index contributed by atoms with van der Waals surface area (Å²) in [6, 6.07) is 9.71. The molecule has 0 radical (unpaired) electrons. The first kappa shape index (κ1) is 15.3. The quantitative estimate of drug-likeness (QED) is 0.892. The molecular weight excluding hydrogens is 248 g/mol. The third kappa shape index (κ3) is 3.15. The Bertz CT molecular complexity index is 417. The molecule has 3 nitrogen and oxygen atoms in total. The van der Waals surface area contributed by atoms with Crippen molar-refractivity contribution in [3.05, 3.63) is 29.8 Å². The van der Waals surface area contributed by atoms with Crippen LogP contribution in [0.1, 0.15) is 45.2 Å². The van der Waals surface area contributed by atoms with Gasteiger partial charge in [-0.05, 0) is 38.4 Å². The Morgan fingerprint density at radius 1 is 1.35 bits per heavy atom. The molecule has 0 spiro atoms. The largest absolute Gasteiger partial charge is 0.375 e. The van der Waals surface area contributed by atoms with Gasteiger partial charge in [-0.15, -0.1) is 0 Å². The van der Waals surface area contributed by atoms with Crippen molar-refractivity contribution in [3.63, 3.8) is 0 Å². The summed E-state index contributed by atoms with van der Waals surface area (Å²) in [6.07, 6.45) is 2.53. The molecule has 1 N–H and O–H groups in total. The fraction of sp³-hybridized carbons (Fsp3) is 0.647. The molecule has 1 fully saturated rings. The Kier molecular flexibility index (Phi) is 5.44. The van der Waals surface area contributed by atoms with E-state index in [1.807, 2.05) is 7.05 Å². The van der Waals surface area contributed by atoms with Gasteiger partial charge < -0.3 is 15.0 Å². The summed E-state index contributed by atoms with van der Waals surface area (Å²) < 4.78 is 5.83. The Labute approximate surface area is 123 Å². The molecule has 1 aliphatic heterocycles. The van der Waals surface area contributed by atoms with E-state index in [4.69, 9.17) is 4.74 Å². The Morgan fingerprint density at radius 2 is 2.10 bits per heavy atom. The molecular formula is C17H28N2O. The van der Waals surface area contributed by atoms with E-state index >= 15 is 0 Å². The first-order valence-corrected chi connectivity index (χ1v) is 7.85. The first-order valence-electron chi connectivity index (χ1n) is 7.85. The molecule has 112 valence electrons. The van der Waals surface area contributed by atoms with Gasteiger partial charge in [-0.3, -0.25) is 0 Å². The van der Waals surface area contributed by atoms with Crippen molar-refractivity contribution in [3.8, 4) is 0 Å². The van der Waals surface area contributed by atoms with E-state index in [9.17, 15) is 0 Å². The number of anilines is 1. The van der Waals surface area contributed by atoms with Crippen LogP contribution in [0.15, 0.2) is 24.3 Å². The minimum atomic E-state index is 0.306. The monoisotopic (exact) mass is 276 g/mol. The second-order valence-electron chi connectivity index (χ2n) is 5.67. The highest BCUT2D eigenvalue weighted by Crippen LogP contribution is 2.31. The number of rotatable bonds is 5. The maximum absolute atomic E-state index is 5.83. The van der Waals surface area contributed by atoms with Crippen molar-refractivity contribution in [1.82, 2.24) is 5.32 Å². The summed E-state index contributed by atoms with van der Waals surface area (Å²) in [6.45, 7) is 8.46. The zero-order chi connectivity index (χ0) is 14.5. The minimum absolute atomic E-state index is 0.306. The number of ether oxygens (including phenoxy) is 1. The topological polar surface area (TPSA) is 24.5 Å². The molecule has 2 rings (SSSR count). The van der Waals surface area contributed by atoms with Crippen molar-refractivity contribution < 1.29 is 4.74 Å². The third-order valence-electron chi connectivity index (χ3n) is 4.32. The van der Waals surface area contributed by atoms with Gasteiger partial charge in [0.05, 0.1) is 18.8 Å². The lowest BCUT2D eigenvalue weighted by molar-refractivity contribution is 0.0298. The predicted octanol–water partition coefficient (Wildman–Crippen LogP) is 3.36. The van der Waals surface area contributed by atoms with Gasteiger partial charge in [0.15, 0.2) is 0 Å². The molecule has 3 heteroatoms. The molecule has 1 heterocycles. The average molecular weight is 276 g/mol. The minimum Gasteiger partial charge on any atom is -0.375 e. The van der Waals surface area contributed by atoms with Crippen LogP contribution in [0.25, 0.3) is 0 Å². The highest BCUT2D eigenvalue weighted by atomic mass is 16.5. The zero-order valence-corrected chi connectivity index (χ0v) is 13.2. The summed E-state index contributed by atoms with van der Waals surface area (Å²) in [4.78, 5) is 2.55. The van der Waals surface area contributed by atoms with E-state index in [1.54, 1.807) is 0 Å². The number of nitrogens with one attached hydrogen (secondary N) is 1. The van der Waals surface area contributed by atoms with Crippen molar-refractivity contribution >= 4 is 5.69 Å². The van der Waals surface area contributed by atoms with E-state index in [2.05, 4.69) is 55.3 Å². The summed E-state index contributed by atoms with van der Waals surface area (Å²) >= 11 is 0. The molecule has 1 aliphatic rings. The predicted molar refractivity (Wildman–Crippen MR) is 85.4 cm³/mol. The molecule has 1 aromatic carbocycles. The highest BCUT2D eigenvalue weighted by Gasteiger charge is 2.28. The van der Waals surface area contributed by atoms with Crippen molar-refractivity contribution in [2.24, 2.45) is 0 Å². The van der Waals surface area contributed by atoms with Crippen LogP contribution < -0.4 is 10.2 Å². The van der Waals surface area contributed by atoms with Gasteiger partial charge in [0.1, 0.15) is 0 Å². The van der Waals surface area contributed by atoms with Crippen LogP contribution >= 0.6 is 0 Å². The second kappa shape index (κ2) is 7.09. The summed E-state index contributed by atoms with van der Waals surface area (Å²) in [5.41, 5.74) is 2.78. The third-order valence-corrected chi connectivity index (χ3v) is 4.32. The van der Waals surface area contributed by atoms with E-state index in [0.29, 0.717) is 18.2 Å². The Morgan fingerprint density at radius 3 is 2.75 bits per heavy atom. The lowest BCUT2D eigenvalue weighted by Gasteiger charge is -2.41. The van der Waals surface area contributed by atoms with Gasteiger partial charge in [0.25, 0.3) is 0 Å². The number of nitrogens with zero attached hydrogens (tertiary/aromatic N) is 1. The Balaban J connectivity index is 2.34. The molecule has 1 saturated heterocycles. The molecule has 0 aromatic heterocycles. The molecule has 3 atom stereocenters. The van der Waals surface area contributed by atoms with Crippen LogP contribution in [0.5, 0.6) is 0 Å². The maximum atomic E-state index is 5.83. The maximum Gasteiger partial charge on any atom is 0.0723 e. The Hall–Kier alpha value is -1.06. The molecule has 1 aromatic rings. The fourth-order valence-corrected chi connectivity index (χ4v) is 3.10. The molecule has 3 unspecified atom stereocenters. The van der Waals surface area contributed by atoms with Crippen LogP contribution in [-0.4, -0.2) is 32.3 Å². The van der Waals surface area contributed by atoms with Crippen molar-refractivity contribution in [1.29, 1.82) is 0 Å². The van der Waals surface area contributed by atoms with Crippen LogP contribution in [-0.2, 0) is 4.74 Å². The average Bonchev–Trinajstić information content (AvgIpc) is 2.49. The number of hydrogen-bond donors (Lipinski definition) is 1. The van der Waals surface area contributed by atoms with Gasteiger partial charge in [0, 0.05) is 18.3 Å². The van der Waals surface area contributed by atoms with Crippen molar-refractivity contribution in [2.45, 2.75) is 51.8 Å². The van der Waals surface area contributed by atoms with E-state index in [1.165, 1.54) is 11.3 Å². The molecule has 0 saturated carbocycles. The standard InChI is InChI=1S/C17H28N2O/c1-5-14-12-20-13(3)11-19(14)17-10-8-7-9-15(17)16(6-2)18-4/h7-10,13-14,16,18H,5-6,11-12H2,1-4H3. The molecule has 20 heavy (non-hydrogen) atoms. The van der Waals surface area contributed by atoms with Crippen LogP contribution in [0.4, 0.5) is 5.69 Å². The zero-order valence-electron chi connectivity index (χ0n) is 13.2. The van der Waals surface area contributed by atoms with E-state index in [0.717, 1.165) is 26.0 Å². The number of morpholine rings is 1. The summed E-state index contributed by atoms with van der Waals surface area (Å²) in [5.74, 6) is 0. The van der Waals surface area contributed by atoms with Gasteiger partial charge in [-0.2, -0.15) is 0 Å². The summed E-state index contributed by atoms with van der Waals surface area (Å²) in [7, 11) is 2.05. The van der Waals surface area contributed by atoms with Gasteiger partial charge in [-0.25, -0.2) is 0 Å². The first-order chi connectivity index (χ1) is 9.71. The highest BCUT2D eigenvalue weighted by molar-refractivity contribution is 5.56. The van der Waals surface area contributed by atoms with E-state index in [-0.39, 0.29) is 0 Å². The SMILES string of the molecule is CCC(NC)c1ccccc1N1CC(C)OCC1CC. The summed E-state index contributed by atoms with van der Waals surface area (Å²) in [5, 5.41) is 3.43. The molecule has 0 bridgehead atoms. The number of benzene rings is 1. The molecule has 0 aliphatic carbocycles.